The quantitative estimate of drug-likeness (QED) is 0.851. The van der Waals surface area contributed by atoms with Gasteiger partial charge in [0.25, 0.3) is 0 Å². The molecule has 0 bridgehead atoms. The van der Waals surface area contributed by atoms with Crippen LogP contribution in [0, 0.1) is 6.92 Å². The number of rotatable bonds is 3. The van der Waals surface area contributed by atoms with E-state index in [9.17, 15) is 8.42 Å². The van der Waals surface area contributed by atoms with Gasteiger partial charge in [0.1, 0.15) is 4.90 Å². The highest BCUT2D eigenvalue weighted by atomic mass is 32.2. The van der Waals surface area contributed by atoms with Crippen LogP contribution >= 0.6 is 11.8 Å². The molecule has 19 heavy (non-hydrogen) atoms. The van der Waals surface area contributed by atoms with Crippen molar-refractivity contribution in [2.24, 2.45) is 5.14 Å². The molecule has 4 N–H and O–H groups in total. The third-order valence-corrected chi connectivity index (χ3v) is 4.63. The number of hydrogen-bond acceptors (Lipinski definition) is 4. The van der Waals surface area contributed by atoms with Crippen molar-refractivity contribution in [1.29, 1.82) is 0 Å². The largest absolute Gasteiger partial charge is 0.397 e. The summed E-state index contributed by atoms with van der Waals surface area (Å²) in [5.74, 6) is 0. The van der Waals surface area contributed by atoms with Crippen LogP contribution in [0.5, 0.6) is 0 Å². The van der Waals surface area contributed by atoms with Crippen LogP contribution in [0.1, 0.15) is 5.56 Å². The molecule has 2 aromatic rings. The molecule has 0 atom stereocenters. The van der Waals surface area contributed by atoms with Crippen molar-refractivity contribution < 1.29 is 8.42 Å². The molecule has 4 nitrogen and oxygen atoms in total. The van der Waals surface area contributed by atoms with E-state index < -0.39 is 10.0 Å². The fourth-order valence-electron chi connectivity index (χ4n) is 1.59. The zero-order valence-electron chi connectivity index (χ0n) is 10.3. The summed E-state index contributed by atoms with van der Waals surface area (Å²) in [5.41, 5.74) is 7.22. The lowest BCUT2D eigenvalue weighted by Crippen LogP contribution is -2.14. The van der Waals surface area contributed by atoms with Crippen LogP contribution in [-0.2, 0) is 10.0 Å². The number of sulfonamides is 1. The molecule has 0 fully saturated rings. The van der Waals surface area contributed by atoms with Crippen molar-refractivity contribution in [2.45, 2.75) is 21.6 Å². The van der Waals surface area contributed by atoms with Gasteiger partial charge >= 0.3 is 0 Å². The number of hydrogen-bond donors (Lipinski definition) is 2. The second-order valence-electron chi connectivity index (χ2n) is 4.13. The smallest absolute Gasteiger partial charge is 0.240 e. The molecule has 0 spiro atoms. The van der Waals surface area contributed by atoms with Gasteiger partial charge in [-0.2, -0.15) is 0 Å². The van der Waals surface area contributed by atoms with Gasteiger partial charge in [0, 0.05) is 9.79 Å². The molecule has 0 saturated heterocycles. The molecule has 2 rings (SSSR count). The summed E-state index contributed by atoms with van der Waals surface area (Å²) in [6.45, 7) is 2.00. The molecule has 6 heteroatoms. The van der Waals surface area contributed by atoms with Crippen molar-refractivity contribution >= 4 is 27.5 Å². The topological polar surface area (TPSA) is 86.2 Å². The van der Waals surface area contributed by atoms with Gasteiger partial charge in [0.05, 0.1) is 5.69 Å². The standard InChI is InChI=1S/C13H14N2O2S2/c1-9-5-7-10(8-6-9)18-11-3-2-4-12(13(11)14)19(15,16)17/h2-8H,14H2,1H3,(H2,15,16,17). The number of aryl methyl sites for hydroxylation is 1. The Kier molecular flexibility index (Phi) is 3.84. The molecule has 100 valence electrons. The van der Waals surface area contributed by atoms with Crippen LogP contribution in [0.3, 0.4) is 0 Å². The molecule has 2 aromatic carbocycles. The zero-order valence-corrected chi connectivity index (χ0v) is 12.0. The maximum absolute atomic E-state index is 11.4. The molecule has 0 aliphatic rings. The molecular formula is C13H14N2O2S2. The van der Waals surface area contributed by atoms with E-state index in [0.717, 1.165) is 10.5 Å². The normalized spacial score (nSPS) is 11.5. The van der Waals surface area contributed by atoms with E-state index in [1.165, 1.54) is 17.8 Å². The fraction of sp³-hybridized carbons (Fsp3) is 0.0769. The molecule has 0 amide bonds. The zero-order chi connectivity index (χ0) is 14.0. The Morgan fingerprint density at radius 3 is 2.26 bits per heavy atom. The van der Waals surface area contributed by atoms with Crippen LogP contribution in [0.25, 0.3) is 0 Å². The Hall–Kier alpha value is -1.50. The Labute approximate surface area is 116 Å². The van der Waals surface area contributed by atoms with Gasteiger partial charge in [-0.3, -0.25) is 0 Å². The maximum Gasteiger partial charge on any atom is 0.240 e. The monoisotopic (exact) mass is 294 g/mol. The predicted molar refractivity (Wildman–Crippen MR) is 77.5 cm³/mol. The Balaban J connectivity index is 2.39. The Morgan fingerprint density at radius 1 is 1.05 bits per heavy atom. The van der Waals surface area contributed by atoms with E-state index in [0.29, 0.717) is 4.90 Å². The summed E-state index contributed by atoms with van der Waals surface area (Å²) >= 11 is 1.41. The van der Waals surface area contributed by atoms with E-state index in [1.54, 1.807) is 12.1 Å². The fourth-order valence-corrected chi connectivity index (χ4v) is 3.24. The molecular weight excluding hydrogens is 280 g/mol. The second-order valence-corrected chi connectivity index (χ2v) is 6.77. The van der Waals surface area contributed by atoms with Gasteiger partial charge in [-0.25, -0.2) is 13.6 Å². The van der Waals surface area contributed by atoms with Gasteiger partial charge in [-0.05, 0) is 31.2 Å². The molecule has 0 saturated carbocycles. The molecule has 0 unspecified atom stereocenters. The Morgan fingerprint density at radius 2 is 1.68 bits per heavy atom. The van der Waals surface area contributed by atoms with E-state index in [1.807, 2.05) is 31.2 Å². The van der Waals surface area contributed by atoms with Gasteiger partial charge in [-0.15, -0.1) is 0 Å². The molecule has 0 heterocycles. The van der Waals surface area contributed by atoms with Crippen LogP contribution in [0.15, 0.2) is 57.2 Å². The highest BCUT2D eigenvalue weighted by Gasteiger charge is 2.15. The van der Waals surface area contributed by atoms with Crippen LogP contribution in [0.4, 0.5) is 5.69 Å². The second kappa shape index (κ2) is 5.24. The number of benzene rings is 2. The van der Waals surface area contributed by atoms with E-state index in [-0.39, 0.29) is 10.6 Å². The molecule has 0 aromatic heterocycles. The Bertz CT molecular complexity index is 695. The van der Waals surface area contributed by atoms with Crippen LogP contribution < -0.4 is 10.9 Å². The van der Waals surface area contributed by atoms with Crippen LogP contribution in [0.2, 0.25) is 0 Å². The molecule has 0 radical (unpaired) electrons. The summed E-state index contributed by atoms with van der Waals surface area (Å²) < 4.78 is 22.8. The van der Waals surface area contributed by atoms with Gasteiger partial charge < -0.3 is 5.73 Å². The lowest BCUT2D eigenvalue weighted by molar-refractivity contribution is 0.598. The minimum absolute atomic E-state index is 0.0374. The predicted octanol–water partition coefficient (Wildman–Crippen LogP) is 2.38. The lowest BCUT2D eigenvalue weighted by Gasteiger charge is -2.09. The van der Waals surface area contributed by atoms with Crippen molar-refractivity contribution in [3.05, 3.63) is 48.0 Å². The SMILES string of the molecule is Cc1ccc(Sc2cccc(S(N)(=O)=O)c2N)cc1. The van der Waals surface area contributed by atoms with E-state index in [2.05, 4.69) is 0 Å². The van der Waals surface area contributed by atoms with E-state index >= 15 is 0 Å². The van der Waals surface area contributed by atoms with Gasteiger partial charge in [0.15, 0.2) is 0 Å². The number of anilines is 1. The number of nitrogens with two attached hydrogens (primary N) is 2. The minimum Gasteiger partial charge on any atom is -0.397 e. The van der Waals surface area contributed by atoms with Gasteiger partial charge in [-0.1, -0.05) is 35.5 Å². The van der Waals surface area contributed by atoms with E-state index in [4.69, 9.17) is 10.9 Å². The molecule has 0 aliphatic heterocycles. The average molecular weight is 294 g/mol. The molecule has 0 aliphatic carbocycles. The summed E-state index contributed by atoms with van der Waals surface area (Å²) in [7, 11) is -3.79. The maximum atomic E-state index is 11.4. The summed E-state index contributed by atoms with van der Waals surface area (Å²) in [6.07, 6.45) is 0. The van der Waals surface area contributed by atoms with Crippen molar-refractivity contribution in [3.63, 3.8) is 0 Å². The van der Waals surface area contributed by atoms with Crippen molar-refractivity contribution in [3.8, 4) is 0 Å². The van der Waals surface area contributed by atoms with Crippen molar-refractivity contribution in [1.82, 2.24) is 0 Å². The first-order valence-corrected chi connectivity index (χ1v) is 7.90. The summed E-state index contributed by atoms with van der Waals surface area (Å²) in [4.78, 5) is 1.63. The first-order chi connectivity index (χ1) is 8.88. The third kappa shape index (κ3) is 3.28. The number of nitrogen functional groups attached to an aromatic ring is 1. The number of primary sulfonamides is 1. The minimum atomic E-state index is -3.79. The summed E-state index contributed by atoms with van der Waals surface area (Å²) in [6, 6.07) is 12.7. The number of para-hydroxylation sites is 1. The third-order valence-electron chi connectivity index (χ3n) is 2.58. The lowest BCUT2D eigenvalue weighted by atomic mass is 10.2. The van der Waals surface area contributed by atoms with Crippen LogP contribution in [-0.4, -0.2) is 8.42 Å². The first-order valence-electron chi connectivity index (χ1n) is 5.54. The highest BCUT2D eigenvalue weighted by Crippen LogP contribution is 2.34. The first kappa shape index (κ1) is 13.9. The summed E-state index contributed by atoms with van der Waals surface area (Å²) in [5, 5.41) is 5.12. The average Bonchev–Trinajstić information content (AvgIpc) is 2.33. The van der Waals surface area contributed by atoms with Gasteiger partial charge in [0.2, 0.25) is 10.0 Å². The van der Waals surface area contributed by atoms with Crippen molar-refractivity contribution in [2.75, 3.05) is 5.73 Å². The highest BCUT2D eigenvalue weighted by molar-refractivity contribution is 7.99.